The van der Waals surface area contributed by atoms with Crippen LogP contribution in [-0.2, 0) is 88.9 Å². The van der Waals surface area contributed by atoms with Gasteiger partial charge in [-0.2, -0.15) is 0 Å². The molecule has 0 atom stereocenters. The van der Waals surface area contributed by atoms with Crippen molar-refractivity contribution < 1.29 is 52.1 Å². The van der Waals surface area contributed by atoms with E-state index < -0.39 is 20.8 Å². The molecular formula is C61H73MnN9O8. The number of fused-ring (bicyclic) bond motifs is 6. The zero-order valence-electron chi connectivity index (χ0n) is 45.6. The van der Waals surface area contributed by atoms with Gasteiger partial charge in [-0.05, 0) is 118 Å². The topological polar surface area (TPSA) is 201 Å². The van der Waals surface area contributed by atoms with E-state index in [2.05, 4.69) is 138 Å². The number of rotatable bonds is 6. The molecule has 12 rings (SSSR count). The van der Waals surface area contributed by atoms with Crippen molar-refractivity contribution in [3.05, 3.63) is 189 Å². The average Bonchev–Trinajstić information content (AvgIpc) is 4.15. The molecule has 6 aliphatic rings. The van der Waals surface area contributed by atoms with Crippen LogP contribution in [0, 0.1) is 0 Å². The molecule has 3 aromatic heterocycles. The number of piperidine rings is 3. The zero-order chi connectivity index (χ0) is 55.7. The Hall–Kier alpha value is -6.89. The molecule has 3 aromatic carbocycles. The first-order valence-corrected chi connectivity index (χ1v) is 28.2. The number of aryl methyl sites for hydroxylation is 4. The number of benzene rings is 3. The molecule has 17 nitrogen and oxygen atoms in total. The summed E-state index contributed by atoms with van der Waals surface area (Å²) in [6.07, 6.45) is 19.7. The van der Waals surface area contributed by atoms with Crippen molar-refractivity contribution in [3.8, 4) is 0 Å². The number of imidazole rings is 3. The number of aliphatic hydroxyl groups is 2. The second-order valence-electron chi connectivity index (χ2n) is 20.5. The van der Waals surface area contributed by atoms with Gasteiger partial charge in [-0.1, -0.05) is 89.5 Å². The summed E-state index contributed by atoms with van der Waals surface area (Å²) in [5.41, 5.74) is 18.8. The monoisotopic (exact) mass is 1110 g/mol. The zero-order valence-corrected chi connectivity index (χ0v) is 46.8. The maximum atomic E-state index is 9.73. The first-order valence-electron chi connectivity index (χ1n) is 27.2. The predicted octanol–water partition coefficient (Wildman–Crippen LogP) is 7.44. The van der Waals surface area contributed by atoms with E-state index in [1.165, 1.54) is 73.1 Å². The molecule has 9 heterocycles. The van der Waals surface area contributed by atoms with Crippen LogP contribution in [0.1, 0.15) is 101 Å². The van der Waals surface area contributed by atoms with Gasteiger partial charge in [0.15, 0.2) is 0 Å². The summed E-state index contributed by atoms with van der Waals surface area (Å²) in [6, 6.07) is 26.3. The van der Waals surface area contributed by atoms with E-state index in [1.807, 2.05) is 18.6 Å². The molecule has 0 amide bonds. The van der Waals surface area contributed by atoms with E-state index in [1.54, 1.807) is 5.57 Å². The Morgan fingerprint density at radius 1 is 0.557 bits per heavy atom. The van der Waals surface area contributed by atoms with Gasteiger partial charge in [-0.3, -0.25) is 4.79 Å². The summed E-state index contributed by atoms with van der Waals surface area (Å²) < 4.78 is 27.7. The average molecular weight is 1120 g/mol. The van der Waals surface area contributed by atoms with Crippen LogP contribution in [0.2, 0.25) is 0 Å². The summed E-state index contributed by atoms with van der Waals surface area (Å²) in [4.78, 5) is 40.4. The van der Waals surface area contributed by atoms with Crippen LogP contribution in [0.5, 0.6) is 0 Å². The quantitative estimate of drug-likeness (QED) is 0.0643. The number of likely N-dealkylation sites (tertiary alicyclic amines) is 3. The summed E-state index contributed by atoms with van der Waals surface area (Å²) in [5, 5.41) is 27.3. The van der Waals surface area contributed by atoms with Crippen LogP contribution in [0.15, 0.2) is 126 Å². The summed E-state index contributed by atoms with van der Waals surface area (Å²) in [7, 11) is 6.59. The number of aromatic nitrogens is 6. The van der Waals surface area contributed by atoms with Crippen LogP contribution in [0.25, 0.3) is 16.7 Å². The molecule has 79 heavy (non-hydrogen) atoms. The van der Waals surface area contributed by atoms with E-state index in [0.29, 0.717) is 0 Å². The first kappa shape index (κ1) is 58.3. The third-order valence-electron chi connectivity index (χ3n) is 15.6. The van der Waals surface area contributed by atoms with Crippen molar-refractivity contribution in [2.24, 2.45) is 0 Å². The van der Waals surface area contributed by atoms with Gasteiger partial charge in [0.2, 0.25) is 0 Å². The summed E-state index contributed by atoms with van der Waals surface area (Å²) in [5.74, 6) is 2.20. The molecule has 0 saturated carbocycles. The van der Waals surface area contributed by atoms with Crippen LogP contribution in [0.3, 0.4) is 0 Å². The molecule has 0 unspecified atom stereocenters. The normalized spacial score (nSPS) is 17.1. The number of hydrogen-bond acceptors (Lipinski definition) is 13. The molecule has 0 bridgehead atoms. The van der Waals surface area contributed by atoms with Crippen molar-refractivity contribution in [1.29, 1.82) is 0 Å². The Morgan fingerprint density at radius 2 is 0.937 bits per heavy atom. The number of nitrogens with zero attached hydrogens (tertiary/aromatic N) is 9. The number of aliphatic carboxylic acids is 1. The molecule has 0 spiro atoms. The van der Waals surface area contributed by atoms with Crippen LogP contribution >= 0.6 is 0 Å². The predicted molar refractivity (Wildman–Crippen MR) is 297 cm³/mol. The fraction of sp³-hybridized carbons (Fsp3) is 0.393. The van der Waals surface area contributed by atoms with Gasteiger partial charge in [0.25, 0.3) is 6.47 Å². The van der Waals surface area contributed by atoms with Crippen molar-refractivity contribution in [1.82, 2.24) is 43.4 Å². The Morgan fingerprint density at radius 3 is 1.32 bits per heavy atom. The van der Waals surface area contributed by atoms with Gasteiger partial charge in [0.05, 0.1) is 37.0 Å². The minimum absolute atomic E-state index is 0.00972. The van der Waals surface area contributed by atoms with E-state index >= 15 is 0 Å². The van der Waals surface area contributed by atoms with E-state index in [-0.39, 0.29) is 26.3 Å². The number of carboxylic acid groups (broad SMARTS) is 1. The minimum atomic E-state index is -1.44. The van der Waals surface area contributed by atoms with Gasteiger partial charge in [-0.15, -0.1) is 0 Å². The van der Waals surface area contributed by atoms with Gasteiger partial charge in [-0.25, -0.2) is 19.7 Å². The molecule has 0 radical (unpaired) electrons. The van der Waals surface area contributed by atoms with Gasteiger partial charge in [0.1, 0.15) is 24.1 Å². The second kappa shape index (κ2) is 28.8. The summed E-state index contributed by atoms with van der Waals surface area (Å²) in [6.45, 7) is 9.90. The third kappa shape index (κ3) is 14.5. The third-order valence-corrected chi connectivity index (χ3v) is 15.6. The Labute approximate surface area is 468 Å². The Balaban J connectivity index is 0.000000142. The van der Waals surface area contributed by atoms with Crippen molar-refractivity contribution in [2.45, 2.75) is 90.6 Å². The molecule has 3 saturated heterocycles. The van der Waals surface area contributed by atoms with E-state index in [9.17, 15) is 19.8 Å². The number of carbonyl (C=O) groups is 2. The number of carbonyl (C=O) groups excluding carboxylic acids is 1. The molecule has 18 heteroatoms. The van der Waals surface area contributed by atoms with Gasteiger partial charge < -0.3 is 48.5 Å². The van der Waals surface area contributed by atoms with Crippen LogP contribution < -0.4 is 0 Å². The fourth-order valence-corrected chi connectivity index (χ4v) is 11.4. The molecule has 3 fully saturated rings. The number of aliphatic hydroxyl groups excluding tert-OH is 2. The van der Waals surface area contributed by atoms with E-state index in [4.69, 9.17) is 22.7 Å². The maximum absolute atomic E-state index is 9.73. The Bertz CT molecular complexity index is 3070. The van der Waals surface area contributed by atoms with Crippen molar-refractivity contribution in [2.75, 3.05) is 67.0 Å². The number of carboxylic acids is 1. The number of hydrogen-bond donors (Lipinski definition) is 3. The second-order valence-corrected chi connectivity index (χ2v) is 20.7. The molecule has 3 N–H and O–H groups in total. The van der Waals surface area contributed by atoms with Crippen molar-refractivity contribution >= 4 is 29.2 Å². The molecule has 6 aromatic rings. The van der Waals surface area contributed by atoms with Crippen LogP contribution in [-0.4, -0.2) is 138 Å². The molecule has 417 valence electrons. The Kier molecular flexibility index (Phi) is 21.3. The van der Waals surface area contributed by atoms with E-state index in [0.717, 1.165) is 146 Å². The van der Waals surface area contributed by atoms with Crippen LogP contribution in [0.4, 0.5) is 0 Å². The van der Waals surface area contributed by atoms with Gasteiger partial charge >= 0.3 is 28.5 Å². The fourth-order valence-electron chi connectivity index (χ4n) is 11.4. The molecule has 6 aliphatic heterocycles. The van der Waals surface area contributed by atoms with Crippen molar-refractivity contribution in [3.63, 3.8) is 0 Å². The first-order chi connectivity index (χ1) is 38.6. The standard InChI is InChI=1S/2C19H23N3O.C18H21N3.C5H6O4.Mn.2O/c2*1-21-9-6-15(7-10-21)18-17-5-3-2-4-14(17)8-11-22-16(13-23)12-20-19(18)22;1-20-10-6-15(7-11-20)17-16-5-3-2-4-14(16)8-12-21-13-9-19-18(17)21;6-4-9-3-1-2-5(7)8;;;/h2*2-5,12,23H,6-11,13H2,1H3;2-5,9,13H,6-8,10-12H2,1H3;1-2,4H,3H2,(H,7,8);;;/b;;;2-1+;;;. The molecule has 0 aliphatic carbocycles. The molecular weight excluding hydrogens is 1040 g/mol. The SMILES string of the molecule is CN1CCC(=C2c3ccccc3CCn3c(CO)cnc32)CC1.CN1CCC(=C2c3ccccc3CCn3c(CO)cnc32)CC1.CN1CCC(=C2c3ccccc3CCn3ccnc32)CC1.O=COC/C=C/C(=O)O.[O]=[Mn]=[O]. The van der Waals surface area contributed by atoms with Gasteiger partial charge in [0, 0.05) is 94.1 Å². The number of ether oxygens (including phenoxy) is 1. The summed E-state index contributed by atoms with van der Waals surface area (Å²) >= 11 is -1.44.